The average Bonchev–Trinajstić information content (AvgIpc) is 2.37. The Morgan fingerprint density at radius 1 is 1.11 bits per heavy atom. The van der Waals surface area contributed by atoms with Crippen molar-refractivity contribution >= 4 is 23.5 Å². The number of anilines is 1. The predicted molar refractivity (Wildman–Crippen MR) is 68.4 cm³/mol. The third-order valence-corrected chi connectivity index (χ3v) is 2.75. The molecule has 3 N–H and O–H groups in total. The third kappa shape index (κ3) is 3.80. The lowest BCUT2D eigenvalue weighted by Crippen LogP contribution is -2.20. The maximum absolute atomic E-state index is 11.7. The van der Waals surface area contributed by atoms with E-state index in [0.717, 1.165) is 6.07 Å². The Labute approximate surface area is 110 Å². The van der Waals surface area contributed by atoms with Gasteiger partial charge in [0.25, 0.3) is 0 Å². The Kier molecular flexibility index (Phi) is 4.63. The second kappa shape index (κ2) is 5.99. The van der Waals surface area contributed by atoms with Gasteiger partial charge >= 0.3 is 11.9 Å². The van der Waals surface area contributed by atoms with E-state index >= 15 is 0 Å². The minimum absolute atomic E-state index is 0.169. The molecule has 1 rings (SSSR count). The summed E-state index contributed by atoms with van der Waals surface area (Å²) in [4.78, 5) is 33.5. The lowest BCUT2D eigenvalue weighted by molar-refractivity contribution is -0.119. The van der Waals surface area contributed by atoms with E-state index in [1.807, 2.05) is 6.92 Å². The number of hydrogen-bond acceptors (Lipinski definition) is 3. The SMILES string of the molecule is CCC(C)C(=O)Nc1cc(C(=O)O)cc(C(=O)O)c1. The lowest BCUT2D eigenvalue weighted by Gasteiger charge is -2.11. The third-order valence-electron chi connectivity index (χ3n) is 2.75. The van der Waals surface area contributed by atoms with Gasteiger partial charge in [0.1, 0.15) is 0 Å². The zero-order valence-electron chi connectivity index (χ0n) is 10.6. The molecule has 0 aliphatic heterocycles. The van der Waals surface area contributed by atoms with Crippen molar-refractivity contribution in [3.05, 3.63) is 29.3 Å². The standard InChI is InChI=1S/C13H15NO5/c1-3-7(2)11(15)14-10-5-8(12(16)17)4-9(6-10)13(18)19/h4-7H,3H2,1-2H3,(H,14,15)(H,16,17)(H,18,19). The van der Waals surface area contributed by atoms with E-state index in [0.29, 0.717) is 6.42 Å². The van der Waals surface area contributed by atoms with E-state index in [1.165, 1.54) is 12.1 Å². The van der Waals surface area contributed by atoms with Gasteiger partial charge in [0.2, 0.25) is 5.91 Å². The van der Waals surface area contributed by atoms with Crippen LogP contribution in [-0.4, -0.2) is 28.1 Å². The maximum atomic E-state index is 11.7. The summed E-state index contributed by atoms with van der Waals surface area (Å²) in [7, 11) is 0. The molecule has 0 spiro atoms. The van der Waals surface area contributed by atoms with Gasteiger partial charge in [0.05, 0.1) is 11.1 Å². The van der Waals surface area contributed by atoms with Crippen molar-refractivity contribution in [2.45, 2.75) is 20.3 Å². The molecule has 0 saturated carbocycles. The summed E-state index contributed by atoms with van der Waals surface area (Å²) in [6.45, 7) is 3.58. The van der Waals surface area contributed by atoms with Crippen LogP contribution >= 0.6 is 0 Å². The molecule has 0 aliphatic carbocycles. The second-order valence-electron chi connectivity index (χ2n) is 4.21. The van der Waals surface area contributed by atoms with Crippen LogP contribution in [0.15, 0.2) is 18.2 Å². The highest BCUT2D eigenvalue weighted by molar-refractivity contribution is 5.98. The molecule has 0 bridgehead atoms. The van der Waals surface area contributed by atoms with Gasteiger partial charge in [-0.2, -0.15) is 0 Å². The molecule has 1 amide bonds. The molecule has 0 radical (unpaired) electrons. The van der Waals surface area contributed by atoms with Gasteiger partial charge in [-0.25, -0.2) is 9.59 Å². The van der Waals surface area contributed by atoms with Crippen LogP contribution < -0.4 is 5.32 Å². The number of hydrogen-bond donors (Lipinski definition) is 3. The molecule has 6 nitrogen and oxygen atoms in total. The van der Waals surface area contributed by atoms with Gasteiger partial charge in [0, 0.05) is 11.6 Å². The predicted octanol–water partition coefficient (Wildman–Crippen LogP) is 2.07. The number of carbonyl (C=O) groups excluding carboxylic acids is 1. The number of carboxylic acids is 2. The van der Waals surface area contributed by atoms with Crippen molar-refractivity contribution in [1.82, 2.24) is 0 Å². The molecule has 1 unspecified atom stereocenters. The van der Waals surface area contributed by atoms with Gasteiger partial charge in [-0.05, 0) is 24.6 Å². The van der Waals surface area contributed by atoms with Crippen molar-refractivity contribution in [2.24, 2.45) is 5.92 Å². The van der Waals surface area contributed by atoms with Gasteiger partial charge in [-0.1, -0.05) is 13.8 Å². The monoisotopic (exact) mass is 265 g/mol. The van der Waals surface area contributed by atoms with E-state index in [1.54, 1.807) is 6.92 Å². The summed E-state index contributed by atoms with van der Waals surface area (Å²) in [6, 6.07) is 3.51. The van der Waals surface area contributed by atoms with Crippen LogP contribution in [0, 0.1) is 5.92 Å². The highest BCUT2D eigenvalue weighted by atomic mass is 16.4. The fourth-order valence-corrected chi connectivity index (χ4v) is 1.40. The van der Waals surface area contributed by atoms with E-state index < -0.39 is 11.9 Å². The summed E-state index contributed by atoms with van der Waals surface area (Å²) in [5.41, 5.74) is -0.193. The second-order valence-corrected chi connectivity index (χ2v) is 4.21. The number of carboxylic acid groups (broad SMARTS) is 2. The molecule has 6 heteroatoms. The smallest absolute Gasteiger partial charge is 0.335 e. The zero-order chi connectivity index (χ0) is 14.6. The highest BCUT2D eigenvalue weighted by Gasteiger charge is 2.15. The zero-order valence-corrected chi connectivity index (χ0v) is 10.6. The molecule has 1 atom stereocenters. The van der Waals surface area contributed by atoms with E-state index in [-0.39, 0.29) is 28.6 Å². The lowest BCUT2D eigenvalue weighted by atomic mass is 10.1. The molecular formula is C13H15NO5. The first-order valence-corrected chi connectivity index (χ1v) is 5.77. The summed E-state index contributed by atoms with van der Waals surface area (Å²) >= 11 is 0. The molecule has 0 aromatic heterocycles. The minimum atomic E-state index is -1.25. The number of aromatic carboxylic acids is 2. The summed E-state index contributed by atoms with van der Waals surface area (Å²) < 4.78 is 0. The van der Waals surface area contributed by atoms with Crippen LogP contribution in [0.5, 0.6) is 0 Å². The molecule has 0 aliphatic rings. The molecule has 1 aromatic rings. The Morgan fingerprint density at radius 3 is 1.95 bits per heavy atom. The summed E-state index contributed by atoms with van der Waals surface area (Å²) in [6.07, 6.45) is 0.635. The van der Waals surface area contributed by atoms with Crippen LogP contribution in [0.4, 0.5) is 5.69 Å². The number of rotatable bonds is 5. The Bertz CT molecular complexity index is 492. The largest absolute Gasteiger partial charge is 0.478 e. The van der Waals surface area contributed by atoms with Crippen LogP contribution in [0.2, 0.25) is 0 Å². The van der Waals surface area contributed by atoms with Crippen molar-refractivity contribution in [1.29, 1.82) is 0 Å². The average molecular weight is 265 g/mol. The Morgan fingerprint density at radius 2 is 1.58 bits per heavy atom. The molecular weight excluding hydrogens is 250 g/mol. The van der Waals surface area contributed by atoms with Gasteiger partial charge in [0.15, 0.2) is 0 Å². The molecule has 1 aromatic carbocycles. The molecule has 0 heterocycles. The van der Waals surface area contributed by atoms with Crippen molar-refractivity contribution in [2.75, 3.05) is 5.32 Å². The number of benzene rings is 1. The molecule has 0 fully saturated rings. The first-order valence-electron chi connectivity index (χ1n) is 5.77. The number of amides is 1. The van der Waals surface area contributed by atoms with Crippen molar-refractivity contribution in [3.8, 4) is 0 Å². The van der Waals surface area contributed by atoms with Crippen LogP contribution in [-0.2, 0) is 4.79 Å². The van der Waals surface area contributed by atoms with Crippen molar-refractivity contribution < 1.29 is 24.6 Å². The maximum Gasteiger partial charge on any atom is 0.335 e. The quantitative estimate of drug-likeness (QED) is 0.756. The van der Waals surface area contributed by atoms with Gasteiger partial charge < -0.3 is 15.5 Å². The van der Waals surface area contributed by atoms with Gasteiger partial charge in [-0.15, -0.1) is 0 Å². The Balaban J connectivity index is 3.10. The normalized spacial score (nSPS) is 11.7. The fraction of sp³-hybridized carbons (Fsp3) is 0.308. The Hall–Kier alpha value is -2.37. The highest BCUT2D eigenvalue weighted by Crippen LogP contribution is 2.17. The summed E-state index contributed by atoms with van der Waals surface area (Å²) in [5, 5.41) is 20.3. The van der Waals surface area contributed by atoms with E-state index in [2.05, 4.69) is 5.32 Å². The topological polar surface area (TPSA) is 104 Å². The fourth-order valence-electron chi connectivity index (χ4n) is 1.40. The molecule has 0 saturated heterocycles. The van der Waals surface area contributed by atoms with Crippen LogP contribution in [0.1, 0.15) is 41.0 Å². The number of carbonyl (C=O) groups is 3. The number of nitrogens with one attached hydrogen (secondary N) is 1. The van der Waals surface area contributed by atoms with Crippen LogP contribution in [0.3, 0.4) is 0 Å². The van der Waals surface area contributed by atoms with E-state index in [4.69, 9.17) is 10.2 Å². The molecule has 102 valence electrons. The van der Waals surface area contributed by atoms with E-state index in [9.17, 15) is 14.4 Å². The first-order chi connectivity index (χ1) is 8.85. The summed E-state index contributed by atoms with van der Waals surface area (Å²) in [5.74, 6) is -3.01. The first kappa shape index (κ1) is 14.7. The molecule has 19 heavy (non-hydrogen) atoms. The van der Waals surface area contributed by atoms with Crippen LogP contribution in [0.25, 0.3) is 0 Å². The van der Waals surface area contributed by atoms with Crippen molar-refractivity contribution in [3.63, 3.8) is 0 Å². The van der Waals surface area contributed by atoms with Gasteiger partial charge in [-0.3, -0.25) is 4.79 Å². The minimum Gasteiger partial charge on any atom is -0.478 e.